The third-order valence-corrected chi connectivity index (χ3v) is 3.90. The summed E-state index contributed by atoms with van der Waals surface area (Å²) in [5.74, 6) is 0.0623. The van der Waals surface area contributed by atoms with Gasteiger partial charge in [0, 0.05) is 6.54 Å². The number of rotatable bonds is 6. The normalized spacial score (nSPS) is 10.6. The van der Waals surface area contributed by atoms with Gasteiger partial charge in [0.25, 0.3) is 0 Å². The van der Waals surface area contributed by atoms with E-state index in [1.165, 1.54) is 11.3 Å². The van der Waals surface area contributed by atoms with Crippen molar-refractivity contribution in [1.82, 2.24) is 5.32 Å². The number of alkyl carbamates (subject to hydrolysis) is 1. The first-order valence-electron chi connectivity index (χ1n) is 6.85. The van der Waals surface area contributed by atoms with E-state index < -0.39 is 6.09 Å². The van der Waals surface area contributed by atoms with E-state index in [-0.39, 0.29) is 12.4 Å². The predicted octanol–water partition coefficient (Wildman–Crippen LogP) is 3.89. The summed E-state index contributed by atoms with van der Waals surface area (Å²) < 4.78 is 5.09. The van der Waals surface area contributed by atoms with Crippen LogP contribution in [0.5, 0.6) is 0 Å². The van der Waals surface area contributed by atoms with Gasteiger partial charge in [-0.1, -0.05) is 42.5 Å². The molecule has 0 unspecified atom stereocenters. The molecule has 0 aliphatic carbocycles. The Balaban J connectivity index is 1.70. The maximum Gasteiger partial charge on any atom is 0.407 e. The van der Waals surface area contributed by atoms with E-state index in [9.17, 15) is 9.59 Å². The van der Waals surface area contributed by atoms with Crippen molar-refractivity contribution >= 4 is 29.3 Å². The summed E-state index contributed by atoms with van der Waals surface area (Å²) in [5, 5.41) is 4.54. The van der Waals surface area contributed by atoms with E-state index in [0.29, 0.717) is 6.54 Å². The molecule has 0 aliphatic heterocycles. The van der Waals surface area contributed by atoms with Crippen molar-refractivity contribution in [3.8, 4) is 0 Å². The van der Waals surface area contributed by atoms with Crippen LogP contribution in [0, 0.1) is 0 Å². The Morgan fingerprint density at radius 1 is 1.27 bits per heavy atom. The first kappa shape index (κ1) is 16.0. The minimum Gasteiger partial charge on any atom is -0.445 e. The van der Waals surface area contributed by atoms with Gasteiger partial charge in [-0.05, 0) is 29.5 Å². The first-order valence-corrected chi connectivity index (χ1v) is 7.73. The minimum atomic E-state index is -0.455. The average Bonchev–Trinajstić information content (AvgIpc) is 3.00. The highest BCUT2D eigenvalue weighted by molar-refractivity contribution is 7.12. The van der Waals surface area contributed by atoms with E-state index in [4.69, 9.17) is 4.74 Å². The monoisotopic (exact) mass is 315 g/mol. The fourth-order valence-corrected chi connectivity index (χ4v) is 2.51. The lowest BCUT2D eigenvalue weighted by atomic mass is 10.2. The molecule has 1 heterocycles. The second kappa shape index (κ2) is 8.14. The Morgan fingerprint density at radius 2 is 2.05 bits per heavy atom. The van der Waals surface area contributed by atoms with Gasteiger partial charge in [-0.2, -0.15) is 0 Å². The number of amides is 1. The number of ketones is 1. The fraction of sp³-hybridized carbons (Fsp3) is 0.176. The van der Waals surface area contributed by atoms with Crippen molar-refractivity contribution in [2.75, 3.05) is 6.54 Å². The highest BCUT2D eigenvalue weighted by Crippen LogP contribution is 2.16. The van der Waals surface area contributed by atoms with Crippen LogP contribution in [0.25, 0.3) is 6.08 Å². The summed E-state index contributed by atoms with van der Waals surface area (Å²) >= 11 is 1.41. The fourth-order valence-electron chi connectivity index (χ4n) is 1.73. The van der Waals surface area contributed by atoms with Crippen molar-refractivity contribution in [2.45, 2.75) is 13.5 Å². The predicted molar refractivity (Wildman–Crippen MR) is 88.0 cm³/mol. The van der Waals surface area contributed by atoms with Crippen LogP contribution in [0.3, 0.4) is 0 Å². The van der Waals surface area contributed by atoms with Gasteiger partial charge in [-0.3, -0.25) is 4.79 Å². The number of nitrogens with one attached hydrogen (secondary N) is 1. The third-order valence-electron chi connectivity index (χ3n) is 2.85. The van der Waals surface area contributed by atoms with E-state index in [1.807, 2.05) is 53.9 Å². The molecule has 0 aliphatic rings. The Kier molecular flexibility index (Phi) is 5.91. The zero-order valence-corrected chi connectivity index (χ0v) is 13.1. The Morgan fingerprint density at radius 3 is 2.73 bits per heavy atom. The Bertz CT molecular complexity index is 662. The average molecular weight is 315 g/mol. The molecule has 0 atom stereocenters. The Labute approximate surface area is 133 Å². The van der Waals surface area contributed by atoms with E-state index >= 15 is 0 Å². The van der Waals surface area contributed by atoms with Crippen LogP contribution in [0.2, 0.25) is 0 Å². The molecule has 22 heavy (non-hydrogen) atoms. The number of hydrogen-bond donors (Lipinski definition) is 1. The number of thiophene rings is 1. The van der Waals surface area contributed by atoms with Gasteiger partial charge in [0.1, 0.15) is 6.61 Å². The molecule has 0 saturated heterocycles. The lowest BCUT2D eigenvalue weighted by molar-refractivity contribution is 0.102. The molecule has 4 nitrogen and oxygen atoms in total. The topological polar surface area (TPSA) is 55.4 Å². The summed E-state index contributed by atoms with van der Waals surface area (Å²) in [6.07, 6.45) is 3.22. The number of carbonyl (C=O) groups is 2. The lowest BCUT2D eigenvalue weighted by Crippen LogP contribution is -2.24. The van der Waals surface area contributed by atoms with Crippen LogP contribution in [0.15, 0.2) is 47.9 Å². The molecule has 1 N–H and O–H groups in total. The number of ether oxygens (including phenoxy) is 1. The third kappa shape index (κ3) is 5.18. The highest BCUT2D eigenvalue weighted by atomic mass is 32.1. The van der Waals surface area contributed by atoms with E-state index in [1.54, 1.807) is 6.92 Å². The van der Waals surface area contributed by atoms with Crippen molar-refractivity contribution in [3.05, 3.63) is 63.9 Å². The molecule has 0 saturated carbocycles. The second-order valence-electron chi connectivity index (χ2n) is 4.65. The smallest absolute Gasteiger partial charge is 0.407 e. The molecule has 0 fully saturated rings. The SMILES string of the molecule is CC(=O)c1cc(C=CCNC(=O)OCc2ccccc2)cs1. The molecule has 114 valence electrons. The van der Waals surface area contributed by atoms with Crippen molar-refractivity contribution < 1.29 is 14.3 Å². The number of Topliss-reactive ketones (excluding diaryl/α,β-unsaturated/α-hetero) is 1. The molecule has 2 aromatic rings. The number of hydrogen-bond acceptors (Lipinski definition) is 4. The van der Waals surface area contributed by atoms with E-state index in [2.05, 4.69) is 5.32 Å². The molecule has 1 amide bonds. The zero-order valence-electron chi connectivity index (χ0n) is 12.2. The summed E-state index contributed by atoms with van der Waals surface area (Å²) in [7, 11) is 0. The van der Waals surface area contributed by atoms with Gasteiger partial charge in [-0.15, -0.1) is 11.3 Å². The summed E-state index contributed by atoms with van der Waals surface area (Å²) in [5.41, 5.74) is 1.90. The van der Waals surface area contributed by atoms with Crippen LogP contribution in [-0.2, 0) is 11.3 Å². The summed E-state index contributed by atoms with van der Waals surface area (Å²) in [6.45, 7) is 2.17. The number of benzene rings is 1. The summed E-state index contributed by atoms with van der Waals surface area (Å²) in [4.78, 5) is 23.4. The maximum atomic E-state index is 11.5. The van der Waals surface area contributed by atoms with Crippen LogP contribution >= 0.6 is 11.3 Å². The molecule has 5 heteroatoms. The molecule has 2 rings (SSSR count). The zero-order chi connectivity index (χ0) is 15.8. The molecular weight excluding hydrogens is 298 g/mol. The number of carbonyl (C=O) groups excluding carboxylic acids is 2. The molecular formula is C17H17NO3S. The van der Waals surface area contributed by atoms with Crippen molar-refractivity contribution in [2.24, 2.45) is 0 Å². The summed E-state index contributed by atoms with van der Waals surface area (Å²) in [6, 6.07) is 11.3. The minimum absolute atomic E-state index is 0.0623. The molecule has 0 bridgehead atoms. The largest absolute Gasteiger partial charge is 0.445 e. The molecule has 1 aromatic carbocycles. The Hall–Kier alpha value is -2.40. The maximum absolute atomic E-state index is 11.5. The first-order chi connectivity index (χ1) is 10.6. The van der Waals surface area contributed by atoms with Gasteiger partial charge >= 0.3 is 6.09 Å². The second-order valence-corrected chi connectivity index (χ2v) is 5.56. The quantitative estimate of drug-likeness (QED) is 0.823. The van der Waals surface area contributed by atoms with Crippen molar-refractivity contribution in [3.63, 3.8) is 0 Å². The van der Waals surface area contributed by atoms with Gasteiger partial charge in [0.05, 0.1) is 4.88 Å². The van der Waals surface area contributed by atoms with Gasteiger partial charge in [0.15, 0.2) is 5.78 Å². The molecule has 0 spiro atoms. The van der Waals surface area contributed by atoms with E-state index in [0.717, 1.165) is 16.0 Å². The van der Waals surface area contributed by atoms with Crippen LogP contribution in [0.4, 0.5) is 4.79 Å². The van der Waals surface area contributed by atoms with Gasteiger partial charge in [0.2, 0.25) is 0 Å². The lowest BCUT2D eigenvalue weighted by Gasteiger charge is -2.05. The van der Waals surface area contributed by atoms with Crippen LogP contribution in [-0.4, -0.2) is 18.4 Å². The van der Waals surface area contributed by atoms with Crippen LogP contribution in [0.1, 0.15) is 27.7 Å². The van der Waals surface area contributed by atoms with Gasteiger partial charge < -0.3 is 10.1 Å². The van der Waals surface area contributed by atoms with Crippen LogP contribution < -0.4 is 5.32 Å². The van der Waals surface area contributed by atoms with Crippen molar-refractivity contribution in [1.29, 1.82) is 0 Å². The highest BCUT2D eigenvalue weighted by Gasteiger charge is 2.02. The standard InChI is InChI=1S/C17H17NO3S/c1-13(19)16-10-15(12-22-16)8-5-9-18-17(20)21-11-14-6-3-2-4-7-14/h2-8,10,12H,9,11H2,1H3,(H,18,20). The molecule has 0 radical (unpaired) electrons. The molecule has 1 aromatic heterocycles. The van der Waals surface area contributed by atoms with Gasteiger partial charge in [-0.25, -0.2) is 4.79 Å².